The lowest BCUT2D eigenvalue weighted by Gasteiger charge is -2.19. The van der Waals surface area contributed by atoms with Crippen LogP contribution in [0, 0.1) is 5.82 Å². The van der Waals surface area contributed by atoms with Gasteiger partial charge in [0.25, 0.3) is 0 Å². The minimum atomic E-state index is -0.716. The van der Waals surface area contributed by atoms with Gasteiger partial charge in [-0.3, -0.25) is 9.78 Å². The Hall–Kier alpha value is -5.13. The number of hydrogen-bond acceptors (Lipinski definition) is 7. The van der Waals surface area contributed by atoms with Crippen molar-refractivity contribution in [2.24, 2.45) is 14.1 Å². The van der Waals surface area contributed by atoms with Gasteiger partial charge in [0.15, 0.2) is 17.3 Å². The van der Waals surface area contributed by atoms with Gasteiger partial charge in [-0.05, 0) is 68.3 Å². The standard InChI is InChI=1S/C29H29FN8O3/c1-29(2,3)41-28(40)33-16-20(39)34-25-23(26-32-14-15-37(26)4)35-22-21(17-10-12-31-13-11-17)24(38(5)27(22)36-25)18-6-8-19(30)9-7-18/h6-15H,16H2,1-5H3,(H,33,40)(H,34,36,39). The molecule has 5 aromatic rings. The highest BCUT2D eigenvalue weighted by Crippen LogP contribution is 2.40. The number of aromatic nitrogens is 6. The van der Waals surface area contributed by atoms with Crippen molar-refractivity contribution in [2.45, 2.75) is 26.4 Å². The molecule has 0 unspecified atom stereocenters. The molecular weight excluding hydrogens is 527 g/mol. The number of pyridine rings is 1. The number of rotatable bonds is 6. The molecule has 0 aliphatic rings. The fraction of sp³-hybridized carbons (Fsp3) is 0.241. The molecular formula is C29H29FN8O3. The van der Waals surface area contributed by atoms with Crippen LogP contribution in [0.15, 0.2) is 61.2 Å². The summed E-state index contributed by atoms with van der Waals surface area (Å²) in [6, 6.07) is 9.90. The van der Waals surface area contributed by atoms with Crippen LogP contribution in [0.2, 0.25) is 0 Å². The zero-order valence-electron chi connectivity index (χ0n) is 23.3. The van der Waals surface area contributed by atoms with Crippen molar-refractivity contribution in [2.75, 3.05) is 11.9 Å². The second-order valence-electron chi connectivity index (χ2n) is 10.4. The Morgan fingerprint density at radius 3 is 2.32 bits per heavy atom. The molecule has 2 N–H and O–H groups in total. The second-order valence-corrected chi connectivity index (χ2v) is 10.4. The summed E-state index contributed by atoms with van der Waals surface area (Å²) in [5.74, 6) is -0.239. The van der Waals surface area contributed by atoms with Gasteiger partial charge >= 0.3 is 6.09 Å². The molecule has 4 aromatic heterocycles. The molecule has 12 heteroatoms. The number of fused-ring (bicyclic) bond motifs is 1. The van der Waals surface area contributed by atoms with Gasteiger partial charge in [-0.2, -0.15) is 0 Å². The molecule has 210 valence electrons. The van der Waals surface area contributed by atoms with Crippen LogP contribution in [0.3, 0.4) is 0 Å². The van der Waals surface area contributed by atoms with Crippen molar-refractivity contribution in [1.82, 2.24) is 34.4 Å². The highest BCUT2D eigenvalue weighted by Gasteiger charge is 2.25. The minimum absolute atomic E-state index is 0.162. The third-order valence-electron chi connectivity index (χ3n) is 6.17. The maximum atomic E-state index is 13.8. The third-order valence-corrected chi connectivity index (χ3v) is 6.17. The average Bonchev–Trinajstić information content (AvgIpc) is 3.47. The van der Waals surface area contributed by atoms with Crippen molar-refractivity contribution in [1.29, 1.82) is 0 Å². The van der Waals surface area contributed by atoms with E-state index in [1.165, 1.54) is 12.1 Å². The van der Waals surface area contributed by atoms with E-state index < -0.39 is 17.6 Å². The van der Waals surface area contributed by atoms with Crippen LogP contribution >= 0.6 is 0 Å². The van der Waals surface area contributed by atoms with Gasteiger partial charge in [0.2, 0.25) is 5.91 Å². The first kappa shape index (κ1) is 27.4. The molecule has 0 radical (unpaired) electrons. The number of aryl methyl sites for hydroxylation is 2. The Balaban J connectivity index is 1.65. The molecule has 0 bridgehead atoms. The maximum absolute atomic E-state index is 13.8. The van der Waals surface area contributed by atoms with E-state index in [2.05, 4.69) is 20.6 Å². The Morgan fingerprint density at radius 2 is 1.68 bits per heavy atom. The number of benzene rings is 1. The number of carbonyl (C=O) groups is 2. The first-order chi connectivity index (χ1) is 19.5. The molecule has 4 heterocycles. The number of imidazole rings is 1. The summed E-state index contributed by atoms with van der Waals surface area (Å²) in [7, 11) is 3.64. The summed E-state index contributed by atoms with van der Waals surface area (Å²) >= 11 is 0. The molecule has 0 saturated heterocycles. The Morgan fingerprint density at radius 1 is 0.976 bits per heavy atom. The van der Waals surface area contributed by atoms with Crippen LogP contribution in [0.25, 0.3) is 45.1 Å². The van der Waals surface area contributed by atoms with Gasteiger partial charge in [-0.25, -0.2) is 24.1 Å². The van der Waals surface area contributed by atoms with E-state index in [1.807, 2.05) is 30.8 Å². The minimum Gasteiger partial charge on any atom is -0.444 e. The topological polar surface area (TPSA) is 129 Å². The smallest absolute Gasteiger partial charge is 0.408 e. The molecule has 0 atom stereocenters. The number of amides is 2. The van der Waals surface area contributed by atoms with E-state index in [4.69, 9.17) is 14.7 Å². The third kappa shape index (κ3) is 5.76. The Labute approximate surface area is 235 Å². The number of hydrogen-bond donors (Lipinski definition) is 2. The van der Waals surface area contributed by atoms with E-state index in [-0.39, 0.29) is 18.2 Å². The van der Waals surface area contributed by atoms with E-state index in [1.54, 1.807) is 62.3 Å². The SMILES string of the molecule is Cn1ccnc1-c1nc2c(-c3ccncc3)c(-c3ccc(F)cc3)n(C)c2nc1NC(=O)CNC(=O)OC(C)(C)C. The normalized spacial score (nSPS) is 11.5. The van der Waals surface area contributed by atoms with Gasteiger partial charge in [0, 0.05) is 44.4 Å². The van der Waals surface area contributed by atoms with Crippen molar-refractivity contribution in [3.63, 3.8) is 0 Å². The average molecular weight is 557 g/mol. The fourth-order valence-electron chi connectivity index (χ4n) is 4.43. The molecule has 0 aliphatic heterocycles. The van der Waals surface area contributed by atoms with Crippen LogP contribution in [0.1, 0.15) is 20.8 Å². The zero-order valence-corrected chi connectivity index (χ0v) is 23.3. The number of halogens is 1. The molecule has 0 spiro atoms. The van der Waals surface area contributed by atoms with E-state index in [9.17, 15) is 14.0 Å². The lowest BCUT2D eigenvalue weighted by atomic mass is 10.0. The monoisotopic (exact) mass is 556 g/mol. The van der Waals surface area contributed by atoms with Crippen LogP contribution < -0.4 is 10.6 Å². The molecule has 11 nitrogen and oxygen atoms in total. The fourth-order valence-corrected chi connectivity index (χ4v) is 4.43. The number of nitrogens with zero attached hydrogens (tertiary/aromatic N) is 6. The Bertz CT molecular complexity index is 1740. The lowest BCUT2D eigenvalue weighted by Crippen LogP contribution is -2.37. The summed E-state index contributed by atoms with van der Waals surface area (Å²) in [5.41, 5.74) is 3.78. The van der Waals surface area contributed by atoms with Crippen molar-refractivity contribution >= 4 is 29.0 Å². The summed E-state index contributed by atoms with van der Waals surface area (Å²) in [6.45, 7) is 4.86. The number of carbonyl (C=O) groups excluding carboxylic acids is 2. The predicted molar refractivity (Wildman–Crippen MR) is 152 cm³/mol. The van der Waals surface area contributed by atoms with Gasteiger partial charge in [0.1, 0.15) is 29.2 Å². The summed E-state index contributed by atoms with van der Waals surface area (Å²) in [6.07, 6.45) is 6.03. The summed E-state index contributed by atoms with van der Waals surface area (Å²) < 4.78 is 22.7. The summed E-state index contributed by atoms with van der Waals surface area (Å²) in [5, 5.41) is 5.22. The van der Waals surface area contributed by atoms with Crippen LogP contribution in [-0.2, 0) is 23.6 Å². The van der Waals surface area contributed by atoms with Crippen molar-refractivity contribution < 1.29 is 18.7 Å². The number of nitrogens with one attached hydrogen (secondary N) is 2. The van der Waals surface area contributed by atoms with Crippen LogP contribution in [-0.4, -0.2) is 53.2 Å². The molecule has 5 rings (SSSR count). The molecule has 0 aliphatic carbocycles. The molecule has 0 saturated carbocycles. The van der Waals surface area contributed by atoms with Crippen molar-refractivity contribution in [3.05, 3.63) is 67.0 Å². The lowest BCUT2D eigenvalue weighted by molar-refractivity contribution is -0.115. The van der Waals surface area contributed by atoms with Crippen LogP contribution in [0.4, 0.5) is 15.0 Å². The summed E-state index contributed by atoms with van der Waals surface area (Å²) in [4.78, 5) is 43.4. The molecule has 0 fully saturated rings. The second kappa shape index (κ2) is 10.8. The van der Waals surface area contributed by atoms with E-state index >= 15 is 0 Å². The first-order valence-electron chi connectivity index (χ1n) is 12.8. The molecule has 1 aromatic carbocycles. The van der Waals surface area contributed by atoms with Gasteiger partial charge < -0.3 is 24.5 Å². The largest absolute Gasteiger partial charge is 0.444 e. The van der Waals surface area contributed by atoms with Gasteiger partial charge in [-0.15, -0.1) is 0 Å². The number of anilines is 1. The molecule has 2 amide bonds. The van der Waals surface area contributed by atoms with Crippen LogP contribution in [0.5, 0.6) is 0 Å². The highest BCUT2D eigenvalue weighted by molar-refractivity contribution is 6.03. The Kier molecular flexibility index (Phi) is 7.22. The van der Waals surface area contributed by atoms with Gasteiger partial charge in [-0.1, -0.05) is 0 Å². The van der Waals surface area contributed by atoms with E-state index in [0.29, 0.717) is 22.7 Å². The number of ether oxygens (including phenoxy) is 1. The first-order valence-corrected chi connectivity index (χ1v) is 12.8. The van der Waals surface area contributed by atoms with E-state index in [0.717, 1.165) is 22.4 Å². The highest BCUT2D eigenvalue weighted by atomic mass is 19.1. The molecule has 41 heavy (non-hydrogen) atoms. The zero-order chi connectivity index (χ0) is 29.3. The van der Waals surface area contributed by atoms with Crippen molar-refractivity contribution in [3.8, 4) is 33.9 Å². The maximum Gasteiger partial charge on any atom is 0.408 e. The number of alkyl carbamates (subject to hydrolysis) is 1. The predicted octanol–water partition coefficient (Wildman–Crippen LogP) is 4.70. The quantitative estimate of drug-likeness (QED) is 0.310. The van der Waals surface area contributed by atoms with Gasteiger partial charge in [0.05, 0.1) is 5.69 Å².